The molecular formula is C18H18S2. The summed E-state index contributed by atoms with van der Waals surface area (Å²) in [6.45, 7) is 0. The van der Waals surface area contributed by atoms with Crippen molar-refractivity contribution in [3.05, 3.63) is 59.7 Å². The molecule has 102 valence electrons. The predicted molar refractivity (Wildman–Crippen MR) is 88.5 cm³/mol. The quantitative estimate of drug-likeness (QED) is 0.599. The van der Waals surface area contributed by atoms with E-state index in [-0.39, 0.29) is 0 Å². The van der Waals surface area contributed by atoms with Crippen LogP contribution in [0, 0.1) is 0 Å². The van der Waals surface area contributed by atoms with Crippen molar-refractivity contribution in [2.24, 2.45) is 0 Å². The van der Waals surface area contributed by atoms with Crippen LogP contribution >= 0.6 is 21.6 Å². The molecule has 2 aliphatic rings. The average molecular weight is 298 g/mol. The van der Waals surface area contributed by atoms with Gasteiger partial charge in [-0.05, 0) is 60.8 Å². The van der Waals surface area contributed by atoms with E-state index in [1.54, 1.807) is 11.1 Å². The molecule has 2 heteroatoms. The Kier molecular flexibility index (Phi) is 3.53. The standard InChI is InChI=1S/C18H18S2/c1-3-7-17(15(5-1)13-9-10-13)19-20-18-8-4-2-6-16(18)14-11-12-14/h1-8,13-14H,9-12H2. The van der Waals surface area contributed by atoms with Gasteiger partial charge in [-0.25, -0.2) is 0 Å². The van der Waals surface area contributed by atoms with Gasteiger partial charge in [-0.3, -0.25) is 0 Å². The van der Waals surface area contributed by atoms with Crippen molar-refractivity contribution in [1.82, 2.24) is 0 Å². The summed E-state index contributed by atoms with van der Waals surface area (Å²) in [4.78, 5) is 2.93. The molecule has 2 aromatic rings. The zero-order chi connectivity index (χ0) is 13.4. The number of hydrogen-bond donors (Lipinski definition) is 0. The largest absolute Gasteiger partial charge is 0.0619 e. The number of hydrogen-bond acceptors (Lipinski definition) is 2. The lowest BCUT2D eigenvalue weighted by Crippen LogP contribution is -1.84. The highest BCUT2D eigenvalue weighted by Crippen LogP contribution is 2.50. The first-order valence-electron chi connectivity index (χ1n) is 7.44. The zero-order valence-corrected chi connectivity index (χ0v) is 13.1. The van der Waals surface area contributed by atoms with Crippen LogP contribution in [0.25, 0.3) is 0 Å². The molecule has 20 heavy (non-hydrogen) atoms. The van der Waals surface area contributed by atoms with Gasteiger partial charge in [0.1, 0.15) is 0 Å². The molecule has 0 N–H and O–H groups in total. The van der Waals surface area contributed by atoms with E-state index >= 15 is 0 Å². The molecule has 0 nitrogen and oxygen atoms in total. The third-order valence-corrected chi connectivity index (χ3v) is 6.61. The minimum Gasteiger partial charge on any atom is -0.0619 e. The Morgan fingerprint density at radius 3 is 1.40 bits per heavy atom. The fourth-order valence-corrected chi connectivity index (χ4v) is 5.22. The molecule has 0 atom stereocenters. The third kappa shape index (κ3) is 2.77. The van der Waals surface area contributed by atoms with Gasteiger partial charge in [0, 0.05) is 9.79 Å². The third-order valence-electron chi connectivity index (χ3n) is 4.09. The minimum absolute atomic E-state index is 0.831. The minimum atomic E-state index is 0.831. The lowest BCUT2D eigenvalue weighted by molar-refractivity contribution is 1.07. The Morgan fingerprint density at radius 2 is 1.00 bits per heavy atom. The van der Waals surface area contributed by atoms with E-state index < -0.39 is 0 Å². The Labute approximate surface area is 128 Å². The molecule has 0 saturated heterocycles. The second-order valence-electron chi connectivity index (χ2n) is 5.79. The van der Waals surface area contributed by atoms with E-state index in [4.69, 9.17) is 0 Å². The first kappa shape index (κ1) is 12.8. The monoisotopic (exact) mass is 298 g/mol. The van der Waals surface area contributed by atoms with E-state index in [1.807, 2.05) is 21.6 Å². The topological polar surface area (TPSA) is 0 Å². The van der Waals surface area contributed by atoms with Crippen LogP contribution in [0.15, 0.2) is 58.3 Å². The van der Waals surface area contributed by atoms with Crippen molar-refractivity contribution >= 4 is 21.6 Å². The highest BCUT2D eigenvalue weighted by Gasteiger charge is 2.27. The first-order valence-corrected chi connectivity index (χ1v) is 9.59. The molecule has 2 aromatic carbocycles. The van der Waals surface area contributed by atoms with Crippen molar-refractivity contribution in [1.29, 1.82) is 0 Å². The van der Waals surface area contributed by atoms with Crippen molar-refractivity contribution in [3.8, 4) is 0 Å². The SMILES string of the molecule is c1ccc(C2CC2)c(SSc2ccccc2C2CC2)c1. The number of benzene rings is 2. The second-order valence-corrected chi connectivity index (χ2v) is 8.00. The Hall–Kier alpha value is -0.860. The normalized spacial score (nSPS) is 18.2. The first-order chi connectivity index (χ1) is 9.92. The van der Waals surface area contributed by atoms with Crippen LogP contribution in [0.4, 0.5) is 0 Å². The molecule has 0 aromatic heterocycles. The number of rotatable bonds is 5. The lowest BCUT2D eigenvalue weighted by atomic mass is 10.1. The summed E-state index contributed by atoms with van der Waals surface area (Å²) in [7, 11) is 3.89. The molecular weight excluding hydrogens is 280 g/mol. The van der Waals surface area contributed by atoms with Crippen LogP contribution in [0.1, 0.15) is 48.6 Å². The molecule has 2 fully saturated rings. The van der Waals surface area contributed by atoms with Crippen LogP contribution in [-0.2, 0) is 0 Å². The summed E-state index contributed by atoms with van der Waals surface area (Å²) in [5.74, 6) is 1.66. The van der Waals surface area contributed by atoms with E-state index in [2.05, 4.69) is 48.5 Å². The summed E-state index contributed by atoms with van der Waals surface area (Å²) in [5, 5.41) is 0. The second kappa shape index (κ2) is 5.50. The molecule has 0 heterocycles. The van der Waals surface area contributed by atoms with Crippen molar-refractivity contribution in [2.45, 2.75) is 47.3 Å². The van der Waals surface area contributed by atoms with Gasteiger partial charge >= 0.3 is 0 Å². The molecule has 0 radical (unpaired) electrons. The highest BCUT2D eigenvalue weighted by molar-refractivity contribution is 8.76. The van der Waals surface area contributed by atoms with Gasteiger partial charge < -0.3 is 0 Å². The summed E-state index contributed by atoms with van der Waals surface area (Å²) in [5.41, 5.74) is 3.13. The fraction of sp³-hybridized carbons (Fsp3) is 0.333. The van der Waals surface area contributed by atoms with Crippen LogP contribution < -0.4 is 0 Å². The van der Waals surface area contributed by atoms with E-state index in [9.17, 15) is 0 Å². The maximum Gasteiger partial charge on any atom is 0.0221 e. The predicted octanol–water partition coefficient (Wildman–Crippen LogP) is 6.24. The maximum atomic E-state index is 2.31. The van der Waals surface area contributed by atoms with Gasteiger partial charge in [-0.1, -0.05) is 58.0 Å². The lowest BCUT2D eigenvalue weighted by Gasteiger charge is -2.10. The van der Waals surface area contributed by atoms with Gasteiger partial charge in [0.05, 0.1) is 0 Å². The van der Waals surface area contributed by atoms with Gasteiger partial charge in [0.15, 0.2) is 0 Å². The smallest absolute Gasteiger partial charge is 0.0221 e. The summed E-state index contributed by atoms with van der Waals surface area (Å²) in [6, 6.07) is 17.9. The van der Waals surface area contributed by atoms with Crippen LogP contribution in [0.5, 0.6) is 0 Å². The molecule has 0 aliphatic heterocycles. The maximum absolute atomic E-state index is 2.31. The van der Waals surface area contributed by atoms with Crippen LogP contribution in [0.2, 0.25) is 0 Å². The highest BCUT2D eigenvalue weighted by atomic mass is 33.1. The Balaban J connectivity index is 1.53. The molecule has 2 aliphatic carbocycles. The van der Waals surface area contributed by atoms with Gasteiger partial charge in [0.2, 0.25) is 0 Å². The van der Waals surface area contributed by atoms with E-state index in [1.165, 1.54) is 35.5 Å². The zero-order valence-electron chi connectivity index (χ0n) is 11.4. The van der Waals surface area contributed by atoms with Gasteiger partial charge in [-0.15, -0.1) is 0 Å². The molecule has 0 unspecified atom stereocenters. The Bertz CT molecular complexity index is 557. The van der Waals surface area contributed by atoms with Crippen LogP contribution in [0.3, 0.4) is 0 Å². The summed E-state index contributed by atoms with van der Waals surface area (Å²) in [6.07, 6.45) is 5.50. The Morgan fingerprint density at radius 1 is 0.600 bits per heavy atom. The summed E-state index contributed by atoms with van der Waals surface area (Å²) < 4.78 is 0. The van der Waals surface area contributed by atoms with Gasteiger partial charge in [0.25, 0.3) is 0 Å². The van der Waals surface area contributed by atoms with Crippen molar-refractivity contribution < 1.29 is 0 Å². The van der Waals surface area contributed by atoms with E-state index in [0.29, 0.717) is 0 Å². The molecule has 4 rings (SSSR count). The fourth-order valence-electron chi connectivity index (χ4n) is 2.67. The average Bonchev–Trinajstić information content (AvgIpc) is 3.39. The van der Waals surface area contributed by atoms with Crippen molar-refractivity contribution in [3.63, 3.8) is 0 Å². The van der Waals surface area contributed by atoms with Crippen LogP contribution in [-0.4, -0.2) is 0 Å². The molecule has 0 spiro atoms. The van der Waals surface area contributed by atoms with Gasteiger partial charge in [-0.2, -0.15) is 0 Å². The molecule has 0 amide bonds. The van der Waals surface area contributed by atoms with Crippen molar-refractivity contribution in [2.75, 3.05) is 0 Å². The van der Waals surface area contributed by atoms with E-state index in [0.717, 1.165) is 11.8 Å². The molecule has 2 saturated carbocycles. The molecule has 0 bridgehead atoms. The summed E-state index contributed by atoms with van der Waals surface area (Å²) >= 11 is 0.